The fourth-order valence-electron chi connectivity index (χ4n) is 1.53. The smallest absolute Gasteiger partial charge is 0.239 e. The molecule has 0 aliphatic carbocycles. The van der Waals surface area contributed by atoms with Gasteiger partial charge in [0.25, 0.3) is 0 Å². The Kier molecular flexibility index (Phi) is 4.95. The van der Waals surface area contributed by atoms with E-state index < -0.39 is 0 Å². The molecule has 1 aliphatic rings. The highest BCUT2D eigenvalue weighted by Gasteiger charge is 2.29. The van der Waals surface area contributed by atoms with Crippen LogP contribution in [0.1, 0.15) is 31.1 Å². The lowest BCUT2D eigenvalue weighted by molar-refractivity contribution is -0.118. The number of rotatable bonds is 5. The largest absolute Gasteiger partial charge is 0.303 e. The maximum absolute atomic E-state index is 11.6. The molecule has 0 spiro atoms. The van der Waals surface area contributed by atoms with Crippen molar-refractivity contribution >= 4 is 40.4 Å². The minimum Gasteiger partial charge on any atom is -0.303 e. The molecule has 96 valence electrons. The van der Waals surface area contributed by atoms with Crippen LogP contribution < -0.4 is 5.32 Å². The second kappa shape index (κ2) is 6.70. The fraction of sp³-hybridized carbons (Fsp3) is 0.417. The van der Waals surface area contributed by atoms with Gasteiger partial charge in [-0.2, -0.15) is 5.10 Å². The molecule has 1 aromatic rings. The monoisotopic (exact) mass is 281 g/mol. The van der Waals surface area contributed by atoms with Gasteiger partial charge in [0.05, 0.1) is 11.5 Å². The summed E-state index contributed by atoms with van der Waals surface area (Å²) in [5.41, 5.74) is 0. The number of carbonyl (C=O) groups is 1. The van der Waals surface area contributed by atoms with Gasteiger partial charge in [0.2, 0.25) is 5.91 Å². The molecular formula is C12H15N3OS2. The van der Waals surface area contributed by atoms with E-state index in [9.17, 15) is 4.79 Å². The van der Waals surface area contributed by atoms with Gasteiger partial charge in [-0.3, -0.25) is 4.79 Å². The molecule has 1 aromatic heterocycles. The number of unbranched alkanes of at least 4 members (excludes halogenated alkanes) is 1. The van der Waals surface area contributed by atoms with Crippen molar-refractivity contribution < 1.29 is 4.79 Å². The van der Waals surface area contributed by atoms with Gasteiger partial charge >= 0.3 is 0 Å². The summed E-state index contributed by atoms with van der Waals surface area (Å²) in [5, 5.41) is 13.4. The molecule has 1 aliphatic heterocycles. The lowest BCUT2D eigenvalue weighted by atomic mass is 10.2. The SMILES string of the molecule is CCCC[C@H]1S/C(=N\N=C/c2cccs2)NC1=O. The zero-order chi connectivity index (χ0) is 12.8. The van der Waals surface area contributed by atoms with Crippen molar-refractivity contribution in [3.05, 3.63) is 22.4 Å². The van der Waals surface area contributed by atoms with Gasteiger partial charge in [-0.1, -0.05) is 37.6 Å². The van der Waals surface area contributed by atoms with E-state index in [1.54, 1.807) is 17.6 Å². The molecule has 0 radical (unpaired) electrons. The quantitative estimate of drug-likeness (QED) is 0.666. The Labute approximate surface area is 115 Å². The van der Waals surface area contributed by atoms with E-state index in [2.05, 4.69) is 22.4 Å². The van der Waals surface area contributed by atoms with E-state index >= 15 is 0 Å². The van der Waals surface area contributed by atoms with Gasteiger partial charge in [-0.05, 0) is 17.9 Å². The Morgan fingerprint density at radius 3 is 3.17 bits per heavy atom. The first-order valence-corrected chi connectivity index (χ1v) is 7.67. The van der Waals surface area contributed by atoms with Crippen LogP contribution in [0.2, 0.25) is 0 Å². The summed E-state index contributed by atoms with van der Waals surface area (Å²) in [5.74, 6) is 0.0542. The molecule has 1 saturated heterocycles. The van der Waals surface area contributed by atoms with Crippen LogP contribution in [-0.2, 0) is 4.79 Å². The van der Waals surface area contributed by atoms with Crippen LogP contribution in [-0.4, -0.2) is 22.5 Å². The second-order valence-electron chi connectivity index (χ2n) is 3.90. The van der Waals surface area contributed by atoms with Crippen molar-refractivity contribution in [2.24, 2.45) is 10.2 Å². The highest BCUT2D eigenvalue weighted by atomic mass is 32.2. The van der Waals surface area contributed by atoms with Gasteiger partial charge in [-0.15, -0.1) is 16.4 Å². The molecule has 6 heteroatoms. The Morgan fingerprint density at radius 2 is 2.44 bits per heavy atom. The number of nitrogens with one attached hydrogen (secondary N) is 1. The molecule has 2 heterocycles. The van der Waals surface area contributed by atoms with Crippen molar-refractivity contribution in [3.63, 3.8) is 0 Å². The van der Waals surface area contributed by atoms with E-state index in [-0.39, 0.29) is 11.2 Å². The van der Waals surface area contributed by atoms with Crippen LogP contribution in [0.4, 0.5) is 0 Å². The van der Waals surface area contributed by atoms with Crippen molar-refractivity contribution in [1.29, 1.82) is 0 Å². The van der Waals surface area contributed by atoms with E-state index in [1.165, 1.54) is 11.8 Å². The summed E-state index contributed by atoms with van der Waals surface area (Å²) in [7, 11) is 0. The summed E-state index contributed by atoms with van der Waals surface area (Å²) >= 11 is 3.08. The van der Waals surface area contributed by atoms with Gasteiger partial charge < -0.3 is 5.32 Å². The first-order chi connectivity index (χ1) is 8.79. The van der Waals surface area contributed by atoms with Crippen LogP contribution in [0.3, 0.4) is 0 Å². The van der Waals surface area contributed by atoms with Crippen LogP contribution in [0.5, 0.6) is 0 Å². The third-order valence-electron chi connectivity index (χ3n) is 2.47. The molecule has 18 heavy (non-hydrogen) atoms. The highest BCUT2D eigenvalue weighted by molar-refractivity contribution is 8.15. The summed E-state index contributed by atoms with van der Waals surface area (Å²) in [4.78, 5) is 12.7. The molecule has 0 bridgehead atoms. The molecule has 1 amide bonds. The summed E-state index contributed by atoms with van der Waals surface area (Å²) in [6.07, 6.45) is 4.77. The lowest BCUT2D eigenvalue weighted by Gasteiger charge is -2.01. The van der Waals surface area contributed by atoms with Crippen LogP contribution in [0, 0.1) is 0 Å². The van der Waals surface area contributed by atoms with E-state index in [1.807, 2.05) is 17.5 Å². The third-order valence-corrected chi connectivity index (χ3v) is 4.42. The normalized spacial score (nSPS) is 21.9. The Balaban J connectivity index is 1.89. The summed E-state index contributed by atoms with van der Waals surface area (Å²) in [6, 6.07) is 3.94. The number of amidine groups is 1. The Morgan fingerprint density at radius 1 is 1.56 bits per heavy atom. The number of thiophene rings is 1. The van der Waals surface area contributed by atoms with Gasteiger partial charge in [0.1, 0.15) is 0 Å². The van der Waals surface area contributed by atoms with Crippen molar-refractivity contribution in [1.82, 2.24) is 5.32 Å². The number of hydrogen-bond donors (Lipinski definition) is 1. The molecule has 2 rings (SSSR count). The molecule has 0 aromatic carbocycles. The summed E-state index contributed by atoms with van der Waals surface area (Å²) in [6.45, 7) is 2.12. The maximum Gasteiger partial charge on any atom is 0.239 e. The van der Waals surface area contributed by atoms with Crippen LogP contribution in [0.25, 0.3) is 0 Å². The molecule has 0 unspecified atom stereocenters. The predicted octanol–water partition coefficient (Wildman–Crippen LogP) is 2.86. The third kappa shape index (κ3) is 3.68. The van der Waals surface area contributed by atoms with Gasteiger partial charge in [-0.25, -0.2) is 0 Å². The van der Waals surface area contributed by atoms with Crippen molar-refractivity contribution in [2.75, 3.05) is 0 Å². The van der Waals surface area contributed by atoms with Gasteiger partial charge in [0, 0.05) is 4.88 Å². The highest BCUT2D eigenvalue weighted by Crippen LogP contribution is 2.24. The Bertz CT molecular complexity index is 454. The molecule has 1 atom stereocenters. The van der Waals surface area contributed by atoms with Crippen LogP contribution in [0.15, 0.2) is 27.7 Å². The van der Waals surface area contributed by atoms with E-state index in [4.69, 9.17) is 0 Å². The average Bonchev–Trinajstić information content (AvgIpc) is 2.97. The number of carbonyl (C=O) groups excluding carboxylic acids is 1. The fourth-order valence-corrected chi connectivity index (χ4v) is 3.09. The lowest BCUT2D eigenvalue weighted by Crippen LogP contribution is -2.24. The standard InChI is InChI=1S/C12H15N3OS2/c1-2-3-6-10-11(16)14-12(18-10)15-13-8-9-5-4-7-17-9/h4-5,7-8,10H,2-3,6H2,1H3,(H,14,15,16)/b13-8-/t10-/m1/s1. The zero-order valence-electron chi connectivity index (χ0n) is 10.1. The molecule has 4 nitrogen and oxygen atoms in total. The first kappa shape index (κ1) is 13.3. The number of hydrogen-bond acceptors (Lipinski definition) is 5. The molecule has 1 fully saturated rings. The van der Waals surface area contributed by atoms with Crippen molar-refractivity contribution in [2.45, 2.75) is 31.4 Å². The Hall–Kier alpha value is -1.14. The van der Waals surface area contributed by atoms with Crippen molar-refractivity contribution in [3.8, 4) is 0 Å². The first-order valence-electron chi connectivity index (χ1n) is 5.91. The minimum absolute atomic E-state index is 0.000591. The zero-order valence-corrected chi connectivity index (χ0v) is 11.8. The molecule has 0 saturated carbocycles. The number of nitrogens with zero attached hydrogens (tertiary/aromatic N) is 2. The maximum atomic E-state index is 11.6. The molecular weight excluding hydrogens is 266 g/mol. The average molecular weight is 281 g/mol. The summed E-state index contributed by atoms with van der Waals surface area (Å²) < 4.78 is 0. The minimum atomic E-state index is 0.000591. The van der Waals surface area contributed by atoms with E-state index in [0.717, 1.165) is 24.1 Å². The van der Waals surface area contributed by atoms with E-state index in [0.29, 0.717) is 5.17 Å². The van der Waals surface area contributed by atoms with Crippen LogP contribution >= 0.6 is 23.1 Å². The number of amides is 1. The second-order valence-corrected chi connectivity index (χ2v) is 6.07. The predicted molar refractivity (Wildman–Crippen MR) is 78.4 cm³/mol. The topological polar surface area (TPSA) is 53.8 Å². The van der Waals surface area contributed by atoms with Gasteiger partial charge in [0.15, 0.2) is 5.17 Å². The number of thioether (sulfide) groups is 1. The molecule has 1 N–H and O–H groups in total.